The minimum Gasteiger partial charge on any atom is -0.384 e. The highest BCUT2D eigenvalue weighted by Crippen LogP contribution is 2.55. The van der Waals surface area contributed by atoms with Crippen LogP contribution in [0.15, 0.2) is 69.5 Å². The third-order valence-corrected chi connectivity index (χ3v) is 9.33. The van der Waals surface area contributed by atoms with Crippen LogP contribution in [-0.4, -0.2) is 21.9 Å². The minimum atomic E-state index is -1.57. The second-order valence-corrected chi connectivity index (χ2v) is 11.9. The second kappa shape index (κ2) is 9.11. The van der Waals surface area contributed by atoms with Crippen LogP contribution in [0.2, 0.25) is 0 Å². The normalized spacial score (nSPS) is 20.5. The van der Waals surface area contributed by atoms with Crippen LogP contribution in [0.3, 0.4) is 0 Å². The molecule has 0 saturated carbocycles. The van der Waals surface area contributed by atoms with E-state index in [-0.39, 0.29) is 17.2 Å². The Bertz CT molecular complexity index is 1630. The summed E-state index contributed by atoms with van der Waals surface area (Å²) in [4.78, 5) is 29.0. The van der Waals surface area contributed by atoms with E-state index >= 15 is 0 Å². The average molecular weight is 541 g/mol. The molecule has 1 aromatic heterocycles. The molecule has 6 rings (SSSR count). The van der Waals surface area contributed by atoms with Gasteiger partial charge in [0.15, 0.2) is 10.1 Å². The molecule has 3 heterocycles. The maximum absolute atomic E-state index is 13.7. The number of benzene rings is 2. The number of allylic oxidation sites excluding steroid dienone is 1. The monoisotopic (exact) mass is 540 g/mol. The number of nitrogens with one attached hydrogen (secondary N) is 1. The third-order valence-electron chi connectivity index (χ3n) is 7.21. The van der Waals surface area contributed by atoms with Gasteiger partial charge in [0.25, 0.3) is 0 Å². The number of hydrogen-bond donors (Lipinski definition) is 2. The quantitative estimate of drug-likeness (QED) is 0.450. The van der Waals surface area contributed by atoms with Gasteiger partial charge in [0.1, 0.15) is 17.3 Å². The molecule has 3 aromatic rings. The number of amides is 1. The molecule has 3 N–H and O–H groups in total. The van der Waals surface area contributed by atoms with Crippen LogP contribution in [0.25, 0.3) is 0 Å². The van der Waals surface area contributed by atoms with E-state index in [0.29, 0.717) is 46.9 Å². The number of carbonyl (C=O) groups excluding carboxylic acids is 2. The molecule has 190 valence electrons. The van der Waals surface area contributed by atoms with E-state index < -0.39 is 11.3 Å². The third kappa shape index (κ3) is 3.57. The van der Waals surface area contributed by atoms with Gasteiger partial charge in [0.2, 0.25) is 11.0 Å². The number of rotatable bonds is 4. The average Bonchev–Trinajstić information content (AvgIpc) is 3.46. The van der Waals surface area contributed by atoms with E-state index in [4.69, 9.17) is 5.73 Å². The van der Waals surface area contributed by atoms with E-state index in [2.05, 4.69) is 46.7 Å². The first kappa shape index (κ1) is 24.4. The molecular weight excluding hydrogens is 516 g/mol. The van der Waals surface area contributed by atoms with Crippen molar-refractivity contribution in [2.24, 2.45) is 5.73 Å². The molecule has 0 bridgehead atoms. The molecular formula is C28H24N6O2S2. The Morgan fingerprint density at radius 2 is 1.97 bits per heavy atom. The Balaban J connectivity index is 1.47. The number of nitrogens with two attached hydrogens (primary N) is 1. The van der Waals surface area contributed by atoms with Gasteiger partial charge in [-0.25, -0.2) is 0 Å². The standard InChI is InChI=1S/C28H24N6O2S2/c1-15-5-3-6-17(11-15)14-37-27-33-32-26(38-27)34-21-7-4-8-22(35)23(21)28(19(13-29)24(34)30)18-12-16(2)9-10-20(18)31-25(28)36/h3,5-6,9-12H,4,7-8,14,30H2,1-2H3,(H,31,36). The van der Waals surface area contributed by atoms with Crippen LogP contribution in [-0.2, 0) is 20.8 Å². The SMILES string of the molecule is Cc1cccc(CSc2nnc(N3C(N)=C(C#N)C4(C(=O)Nc5ccc(C)cc54)C4=C3CCCC4=O)s2)c1. The van der Waals surface area contributed by atoms with Crippen LogP contribution < -0.4 is 16.0 Å². The summed E-state index contributed by atoms with van der Waals surface area (Å²) in [5.74, 6) is 0.264. The fourth-order valence-electron chi connectivity index (χ4n) is 5.62. The van der Waals surface area contributed by atoms with Gasteiger partial charge in [-0.2, -0.15) is 5.26 Å². The summed E-state index contributed by atoms with van der Waals surface area (Å²) in [6.45, 7) is 3.98. The first-order chi connectivity index (χ1) is 18.3. The van der Waals surface area contributed by atoms with Gasteiger partial charge in [0, 0.05) is 34.7 Å². The van der Waals surface area contributed by atoms with Gasteiger partial charge in [0.05, 0.1) is 5.57 Å². The van der Waals surface area contributed by atoms with Gasteiger partial charge >= 0.3 is 0 Å². The highest BCUT2D eigenvalue weighted by molar-refractivity contribution is 8.00. The molecule has 0 saturated heterocycles. The van der Waals surface area contributed by atoms with Crippen LogP contribution in [0, 0.1) is 25.2 Å². The zero-order valence-corrected chi connectivity index (χ0v) is 22.5. The number of Topliss-reactive ketones (excluding diaryl/α,β-unsaturated/α-hetero) is 1. The van der Waals surface area contributed by atoms with Crippen molar-refractivity contribution in [1.82, 2.24) is 10.2 Å². The molecule has 1 spiro atoms. The summed E-state index contributed by atoms with van der Waals surface area (Å²) >= 11 is 2.92. The Hall–Kier alpha value is -3.94. The fraction of sp³-hybridized carbons (Fsp3) is 0.250. The highest BCUT2D eigenvalue weighted by atomic mass is 32.2. The molecule has 1 unspecified atom stereocenters. The van der Waals surface area contributed by atoms with Crippen molar-refractivity contribution < 1.29 is 9.59 Å². The summed E-state index contributed by atoms with van der Waals surface area (Å²) in [5, 5.41) is 22.6. The summed E-state index contributed by atoms with van der Waals surface area (Å²) in [6.07, 6.45) is 1.45. The minimum absolute atomic E-state index is 0.0394. The lowest BCUT2D eigenvalue weighted by molar-refractivity contribution is -0.122. The van der Waals surface area contributed by atoms with E-state index in [1.165, 1.54) is 22.5 Å². The summed E-state index contributed by atoms with van der Waals surface area (Å²) in [5.41, 5.74) is 10.6. The predicted molar refractivity (Wildman–Crippen MR) is 147 cm³/mol. The van der Waals surface area contributed by atoms with Crippen LogP contribution in [0.5, 0.6) is 0 Å². The molecule has 0 fully saturated rings. The first-order valence-electron chi connectivity index (χ1n) is 12.3. The van der Waals surface area contributed by atoms with E-state index in [1.54, 1.807) is 16.7 Å². The lowest BCUT2D eigenvalue weighted by Gasteiger charge is -2.42. The number of hydrogen-bond acceptors (Lipinski definition) is 9. The second-order valence-electron chi connectivity index (χ2n) is 9.69. The van der Waals surface area contributed by atoms with E-state index in [0.717, 1.165) is 15.7 Å². The Morgan fingerprint density at radius 1 is 1.16 bits per heavy atom. The van der Waals surface area contributed by atoms with Gasteiger partial charge in [-0.1, -0.05) is 70.6 Å². The molecule has 3 aliphatic rings. The number of aromatic nitrogens is 2. The van der Waals surface area contributed by atoms with Crippen molar-refractivity contribution in [3.8, 4) is 6.07 Å². The Labute approximate surface area is 228 Å². The van der Waals surface area contributed by atoms with Crippen LogP contribution >= 0.6 is 23.1 Å². The van der Waals surface area contributed by atoms with Crippen molar-refractivity contribution >= 4 is 45.6 Å². The fourth-order valence-corrected chi connectivity index (χ4v) is 7.44. The molecule has 1 atom stereocenters. The first-order valence-corrected chi connectivity index (χ1v) is 14.1. The number of anilines is 2. The molecule has 1 aliphatic carbocycles. The number of carbonyl (C=O) groups is 2. The van der Waals surface area contributed by atoms with E-state index in [1.807, 2.05) is 31.2 Å². The number of ketones is 1. The molecule has 8 nitrogen and oxygen atoms in total. The maximum Gasteiger partial charge on any atom is 0.245 e. The topological polar surface area (TPSA) is 125 Å². The van der Waals surface area contributed by atoms with Crippen molar-refractivity contribution in [1.29, 1.82) is 5.26 Å². The molecule has 38 heavy (non-hydrogen) atoms. The maximum atomic E-state index is 13.7. The van der Waals surface area contributed by atoms with Crippen LogP contribution in [0.4, 0.5) is 10.8 Å². The zero-order valence-electron chi connectivity index (χ0n) is 20.9. The number of aryl methyl sites for hydroxylation is 2. The van der Waals surface area contributed by atoms with Crippen LogP contribution in [0.1, 0.15) is 41.5 Å². The Morgan fingerprint density at radius 3 is 2.76 bits per heavy atom. The van der Waals surface area contributed by atoms with Gasteiger partial charge < -0.3 is 11.1 Å². The number of nitriles is 1. The molecule has 10 heteroatoms. The number of thioether (sulfide) groups is 1. The summed E-state index contributed by atoms with van der Waals surface area (Å²) in [7, 11) is 0. The van der Waals surface area contributed by atoms with Crippen molar-refractivity contribution in [2.75, 3.05) is 10.2 Å². The van der Waals surface area contributed by atoms with Crippen molar-refractivity contribution in [3.63, 3.8) is 0 Å². The van der Waals surface area contributed by atoms with Gasteiger partial charge in [-0.05, 0) is 38.3 Å². The largest absolute Gasteiger partial charge is 0.384 e. The smallest absolute Gasteiger partial charge is 0.245 e. The molecule has 2 aliphatic heterocycles. The zero-order chi connectivity index (χ0) is 26.6. The molecule has 1 amide bonds. The number of fused-ring (bicyclic) bond motifs is 3. The highest BCUT2D eigenvalue weighted by Gasteiger charge is 2.60. The van der Waals surface area contributed by atoms with E-state index in [9.17, 15) is 14.9 Å². The van der Waals surface area contributed by atoms with Crippen molar-refractivity contribution in [2.45, 2.75) is 48.6 Å². The lowest BCUT2D eigenvalue weighted by atomic mass is 9.64. The molecule has 2 aromatic carbocycles. The van der Waals surface area contributed by atoms with Crippen molar-refractivity contribution in [3.05, 3.63) is 87.4 Å². The molecule has 0 radical (unpaired) electrons. The van der Waals surface area contributed by atoms with Gasteiger partial charge in [-0.15, -0.1) is 10.2 Å². The summed E-state index contributed by atoms with van der Waals surface area (Å²) < 4.78 is 0.747. The number of nitrogens with zero attached hydrogens (tertiary/aromatic N) is 4. The van der Waals surface area contributed by atoms with Gasteiger partial charge in [-0.3, -0.25) is 14.5 Å². The lowest BCUT2D eigenvalue weighted by Crippen LogP contribution is -2.50. The Kier molecular flexibility index (Phi) is 5.85. The summed E-state index contributed by atoms with van der Waals surface area (Å²) in [6, 6.07) is 16.1. The predicted octanol–water partition coefficient (Wildman–Crippen LogP) is 4.86.